The van der Waals surface area contributed by atoms with Crippen LogP contribution in [0.4, 0.5) is 5.00 Å². The maximum atomic E-state index is 5.67. The van der Waals surface area contributed by atoms with Gasteiger partial charge in [-0.3, -0.25) is 0 Å². The third kappa shape index (κ3) is 1.22. The van der Waals surface area contributed by atoms with E-state index >= 15 is 0 Å². The van der Waals surface area contributed by atoms with Crippen LogP contribution in [0.2, 0.25) is 0 Å². The van der Waals surface area contributed by atoms with Crippen LogP contribution in [-0.4, -0.2) is 0 Å². The summed E-state index contributed by atoms with van der Waals surface area (Å²) in [6, 6.07) is 8.25. The Labute approximate surface area is 82.4 Å². The van der Waals surface area contributed by atoms with Gasteiger partial charge in [0, 0.05) is 8.27 Å². The minimum Gasteiger partial charge on any atom is -0.391 e. The topological polar surface area (TPSA) is 26.0 Å². The van der Waals surface area contributed by atoms with Crippen LogP contribution >= 0.6 is 33.9 Å². The molecule has 0 atom stereocenters. The summed E-state index contributed by atoms with van der Waals surface area (Å²) in [6.45, 7) is 0. The van der Waals surface area contributed by atoms with Gasteiger partial charge in [0.15, 0.2) is 0 Å². The summed E-state index contributed by atoms with van der Waals surface area (Å²) in [7, 11) is 0. The number of halogens is 1. The van der Waals surface area contributed by atoms with Crippen molar-refractivity contribution in [2.24, 2.45) is 0 Å². The van der Waals surface area contributed by atoms with Crippen molar-refractivity contribution in [1.82, 2.24) is 0 Å². The van der Waals surface area contributed by atoms with Gasteiger partial charge < -0.3 is 5.73 Å². The van der Waals surface area contributed by atoms with Gasteiger partial charge in [-0.05, 0) is 40.1 Å². The summed E-state index contributed by atoms with van der Waals surface area (Å²) in [5, 5.41) is 2.14. The highest BCUT2D eigenvalue weighted by Crippen LogP contribution is 2.30. The molecule has 2 N–H and O–H groups in total. The lowest BCUT2D eigenvalue weighted by atomic mass is 10.3. The smallest absolute Gasteiger partial charge is 0.0869 e. The lowest BCUT2D eigenvalue weighted by Gasteiger charge is -1.89. The van der Waals surface area contributed by atoms with Crippen LogP contribution in [-0.2, 0) is 0 Å². The molecule has 0 aliphatic rings. The van der Waals surface area contributed by atoms with Crippen LogP contribution in [0.3, 0.4) is 0 Å². The van der Waals surface area contributed by atoms with Crippen LogP contribution < -0.4 is 5.73 Å². The SMILES string of the molecule is Nc1cc2cccc(I)c2s1. The van der Waals surface area contributed by atoms with Crippen molar-refractivity contribution in [2.45, 2.75) is 0 Å². The first-order valence-electron chi connectivity index (χ1n) is 3.21. The molecule has 0 fully saturated rings. The number of benzene rings is 1. The van der Waals surface area contributed by atoms with E-state index in [0.29, 0.717) is 0 Å². The Hall–Kier alpha value is -0.290. The molecule has 2 aromatic rings. The van der Waals surface area contributed by atoms with Crippen molar-refractivity contribution in [3.8, 4) is 0 Å². The molecular weight excluding hydrogens is 269 g/mol. The van der Waals surface area contributed by atoms with Crippen LogP contribution in [0.15, 0.2) is 24.3 Å². The minimum atomic E-state index is 0.893. The zero-order chi connectivity index (χ0) is 7.84. The van der Waals surface area contributed by atoms with Crippen LogP contribution in [0.1, 0.15) is 0 Å². The zero-order valence-electron chi connectivity index (χ0n) is 5.67. The van der Waals surface area contributed by atoms with E-state index < -0.39 is 0 Å². The Kier molecular flexibility index (Phi) is 1.77. The molecular formula is C8H6INS. The zero-order valence-corrected chi connectivity index (χ0v) is 8.65. The molecule has 1 nitrogen and oxygen atoms in total. The molecule has 0 aliphatic heterocycles. The number of nitrogen functional groups attached to an aromatic ring is 1. The van der Waals surface area contributed by atoms with Gasteiger partial charge in [0.05, 0.1) is 5.00 Å². The van der Waals surface area contributed by atoms with Crippen molar-refractivity contribution in [3.05, 3.63) is 27.8 Å². The van der Waals surface area contributed by atoms with Gasteiger partial charge in [-0.25, -0.2) is 0 Å². The normalized spacial score (nSPS) is 10.6. The van der Waals surface area contributed by atoms with Crippen molar-refractivity contribution < 1.29 is 0 Å². The summed E-state index contributed by atoms with van der Waals surface area (Å²) in [6.07, 6.45) is 0. The monoisotopic (exact) mass is 275 g/mol. The third-order valence-electron chi connectivity index (χ3n) is 1.52. The fourth-order valence-electron chi connectivity index (χ4n) is 1.05. The number of rotatable bonds is 0. The Morgan fingerprint density at radius 1 is 1.36 bits per heavy atom. The summed E-state index contributed by atoms with van der Waals surface area (Å²) in [4.78, 5) is 0. The summed E-state index contributed by atoms with van der Waals surface area (Å²) in [5.41, 5.74) is 5.67. The molecule has 1 heterocycles. The van der Waals surface area contributed by atoms with Gasteiger partial charge in [-0.15, -0.1) is 11.3 Å². The number of nitrogens with two attached hydrogens (primary N) is 1. The molecule has 0 bridgehead atoms. The molecule has 0 spiro atoms. The molecule has 3 heteroatoms. The van der Waals surface area contributed by atoms with E-state index in [1.54, 1.807) is 11.3 Å². The van der Waals surface area contributed by atoms with Crippen molar-refractivity contribution >= 4 is 49.0 Å². The van der Waals surface area contributed by atoms with E-state index in [4.69, 9.17) is 5.73 Å². The second-order valence-electron chi connectivity index (χ2n) is 2.31. The largest absolute Gasteiger partial charge is 0.391 e. The van der Waals surface area contributed by atoms with Crippen LogP contribution in [0.25, 0.3) is 10.1 Å². The molecule has 0 aliphatic carbocycles. The quantitative estimate of drug-likeness (QED) is 0.735. The molecule has 11 heavy (non-hydrogen) atoms. The lowest BCUT2D eigenvalue weighted by molar-refractivity contribution is 1.79. The Balaban J connectivity index is 2.90. The number of hydrogen-bond acceptors (Lipinski definition) is 2. The van der Waals surface area contributed by atoms with E-state index in [1.165, 1.54) is 13.7 Å². The molecule has 0 unspecified atom stereocenters. The second kappa shape index (κ2) is 2.64. The molecule has 1 aromatic heterocycles. The number of thiophene rings is 1. The minimum absolute atomic E-state index is 0.893. The first-order chi connectivity index (χ1) is 5.27. The highest BCUT2D eigenvalue weighted by Gasteiger charge is 2.00. The Bertz CT molecular complexity index is 394. The molecule has 1 aromatic carbocycles. The van der Waals surface area contributed by atoms with Gasteiger partial charge in [0.1, 0.15) is 0 Å². The van der Waals surface area contributed by atoms with Crippen LogP contribution in [0, 0.1) is 3.57 Å². The number of fused-ring (bicyclic) bond motifs is 1. The third-order valence-corrected chi connectivity index (χ3v) is 3.79. The predicted octanol–water partition coefficient (Wildman–Crippen LogP) is 3.09. The average Bonchev–Trinajstić information content (AvgIpc) is 2.31. The molecule has 2 rings (SSSR count). The predicted molar refractivity (Wildman–Crippen MR) is 59.0 cm³/mol. The first-order valence-corrected chi connectivity index (χ1v) is 5.10. The summed E-state index contributed by atoms with van der Waals surface area (Å²) < 4.78 is 2.58. The van der Waals surface area contributed by atoms with Crippen LogP contribution in [0.5, 0.6) is 0 Å². The Morgan fingerprint density at radius 3 is 2.91 bits per heavy atom. The van der Waals surface area contributed by atoms with Gasteiger partial charge >= 0.3 is 0 Å². The van der Waals surface area contributed by atoms with Crippen molar-refractivity contribution in [2.75, 3.05) is 5.73 Å². The molecule has 0 saturated heterocycles. The Morgan fingerprint density at radius 2 is 2.18 bits per heavy atom. The average molecular weight is 275 g/mol. The highest BCUT2D eigenvalue weighted by atomic mass is 127. The summed E-state index contributed by atoms with van der Waals surface area (Å²) >= 11 is 3.98. The first kappa shape index (κ1) is 7.36. The van der Waals surface area contributed by atoms with E-state index in [-0.39, 0.29) is 0 Å². The van der Waals surface area contributed by atoms with Gasteiger partial charge in [-0.1, -0.05) is 12.1 Å². The van der Waals surface area contributed by atoms with E-state index in [9.17, 15) is 0 Å². The van der Waals surface area contributed by atoms with Crippen molar-refractivity contribution in [3.63, 3.8) is 0 Å². The fraction of sp³-hybridized carbons (Fsp3) is 0. The molecule has 56 valence electrons. The molecule has 0 saturated carbocycles. The van der Waals surface area contributed by atoms with Crippen molar-refractivity contribution in [1.29, 1.82) is 0 Å². The van der Waals surface area contributed by atoms with Gasteiger partial charge in [-0.2, -0.15) is 0 Å². The molecule has 0 radical (unpaired) electrons. The maximum Gasteiger partial charge on any atom is 0.0869 e. The maximum absolute atomic E-state index is 5.67. The highest BCUT2D eigenvalue weighted by molar-refractivity contribution is 14.1. The summed E-state index contributed by atoms with van der Waals surface area (Å²) in [5.74, 6) is 0. The van der Waals surface area contributed by atoms with Gasteiger partial charge in [0.2, 0.25) is 0 Å². The van der Waals surface area contributed by atoms with E-state index in [2.05, 4.69) is 40.8 Å². The van der Waals surface area contributed by atoms with Gasteiger partial charge in [0.25, 0.3) is 0 Å². The number of anilines is 1. The van der Waals surface area contributed by atoms with E-state index in [0.717, 1.165) is 5.00 Å². The molecule has 0 amide bonds. The standard InChI is InChI=1S/C8H6INS/c9-6-3-1-2-5-4-7(10)11-8(5)6/h1-4H,10H2. The lowest BCUT2D eigenvalue weighted by Crippen LogP contribution is -1.72. The fourth-order valence-corrected chi connectivity index (χ4v) is 2.73. The second-order valence-corrected chi connectivity index (χ2v) is 4.55. The number of hydrogen-bond donors (Lipinski definition) is 1. The van der Waals surface area contributed by atoms with E-state index in [1.807, 2.05) is 6.07 Å².